The van der Waals surface area contributed by atoms with Crippen LogP contribution in [-0.4, -0.2) is 36.2 Å². The van der Waals surface area contributed by atoms with Gasteiger partial charge in [0.2, 0.25) is 5.88 Å². The highest BCUT2D eigenvalue weighted by molar-refractivity contribution is 6.30. The summed E-state index contributed by atoms with van der Waals surface area (Å²) in [6, 6.07) is 9.16. The van der Waals surface area contributed by atoms with Gasteiger partial charge in [-0.25, -0.2) is 9.78 Å². The molecule has 0 bridgehead atoms. The summed E-state index contributed by atoms with van der Waals surface area (Å²) in [6.45, 7) is 0.740. The van der Waals surface area contributed by atoms with E-state index in [9.17, 15) is 9.90 Å². The molecule has 1 fully saturated rings. The second-order valence-corrected chi connectivity index (χ2v) is 7.67. The average molecular weight is 424 g/mol. The Kier molecular flexibility index (Phi) is 4.51. The Labute approximate surface area is 174 Å². The molecule has 0 spiro atoms. The average Bonchev–Trinajstić information content (AvgIpc) is 3.39. The Morgan fingerprint density at radius 3 is 2.80 bits per heavy atom. The fraction of sp³-hybridized carbons (Fsp3) is 0.200. The molecule has 0 unspecified atom stereocenters. The second kappa shape index (κ2) is 7.34. The molecule has 0 saturated heterocycles. The zero-order valence-electron chi connectivity index (χ0n) is 15.8. The molecule has 1 aromatic carbocycles. The molecule has 0 radical (unpaired) electrons. The number of aromatic amines is 2. The van der Waals surface area contributed by atoms with Crippen LogP contribution in [0.15, 0.2) is 46.3 Å². The molecular weight excluding hydrogens is 406 g/mol. The molecule has 3 heterocycles. The summed E-state index contributed by atoms with van der Waals surface area (Å²) >= 11 is 5.97. The molecule has 3 aromatic heterocycles. The van der Waals surface area contributed by atoms with Crippen molar-refractivity contribution in [3.05, 3.63) is 68.4 Å². The van der Waals surface area contributed by atoms with Crippen LogP contribution in [0.2, 0.25) is 5.02 Å². The number of halogens is 1. The Morgan fingerprint density at radius 1 is 1.30 bits per heavy atom. The number of anilines is 2. The zero-order chi connectivity index (χ0) is 20.7. The number of nitrogens with one attached hydrogen (secondary N) is 3. The molecule has 1 aliphatic carbocycles. The third-order valence-corrected chi connectivity index (χ3v) is 5.09. The number of nitrogens with zero attached hydrogens (tertiary/aromatic N) is 4. The monoisotopic (exact) mass is 423 g/mol. The van der Waals surface area contributed by atoms with Crippen molar-refractivity contribution in [3.63, 3.8) is 0 Å². The van der Waals surface area contributed by atoms with Gasteiger partial charge in [-0.1, -0.05) is 11.6 Å². The van der Waals surface area contributed by atoms with Gasteiger partial charge in [0.15, 0.2) is 11.1 Å². The maximum absolute atomic E-state index is 11.4. The zero-order valence-corrected chi connectivity index (χ0v) is 16.5. The number of aromatic nitrogens is 5. The lowest BCUT2D eigenvalue weighted by atomic mass is 10.3. The van der Waals surface area contributed by atoms with E-state index < -0.39 is 5.69 Å². The van der Waals surface area contributed by atoms with Crippen LogP contribution >= 0.6 is 11.6 Å². The summed E-state index contributed by atoms with van der Waals surface area (Å²) in [6.07, 6.45) is 5.63. The summed E-state index contributed by atoms with van der Waals surface area (Å²) in [4.78, 5) is 25.7. The van der Waals surface area contributed by atoms with Crippen LogP contribution in [0.3, 0.4) is 0 Å². The van der Waals surface area contributed by atoms with E-state index in [1.165, 1.54) is 12.8 Å². The molecule has 0 atom stereocenters. The highest BCUT2D eigenvalue weighted by atomic mass is 35.5. The standard InChI is InChI=1S/C20H18ClN7O2/c21-13-3-5-14(6-4-13)24-16-8-17(22-9-11-1-2-11)28-18(26-16)12(10-23-28)7-15-19(29)27-20(30)25-15/h3-8,10-11,24,29H,1-2,9H2,(H2,25,27,30)/b12-7+,22-17?. The summed E-state index contributed by atoms with van der Waals surface area (Å²) < 4.78 is 1.66. The lowest BCUT2D eigenvalue weighted by molar-refractivity contribution is 0.454. The lowest BCUT2D eigenvalue weighted by Gasteiger charge is -2.06. The van der Waals surface area contributed by atoms with Crippen molar-refractivity contribution in [2.45, 2.75) is 12.8 Å². The van der Waals surface area contributed by atoms with Gasteiger partial charge < -0.3 is 15.4 Å². The van der Waals surface area contributed by atoms with Crippen molar-refractivity contribution in [2.24, 2.45) is 10.9 Å². The molecule has 0 amide bonds. The van der Waals surface area contributed by atoms with Crippen LogP contribution in [0.25, 0.3) is 11.7 Å². The predicted molar refractivity (Wildman–Crippen MR) is 113 cm³/mol. The minimum Gasteiger partial charge on any atom is -0.493 e. The number of hydrogen-bond acceptors (Lipinski definition) is 6. The predicted octanol–water partition coefficient (Wildman–Crippen LogP) is 1.71. The molecule has 10 heteroatoms. The van der Waals surface area contributed by atoms with Crippen molar-refractivity contribution in [3.8, 4) is 5.88 Å². The van der Waals surface area contributed by atoms with E-state index in [-0.39, 0.29) is 11.6 Å². The highest BCUT2D eigenvalue weighted by Gasteiger charge is 2.20. The highest BCUT2D eigenvalue weighted by Crippen LogP contribution is 2.28. The number of rotatable bonds is 5. The number of aromatic hydroxyl groups is 1. The molecule has 1 saturated carbocycles. The van der Waals surface area contributed by atoms with E-state index in [1.54, 1.807) is 28.9 Å². The van der Waals surface area contributed by atoms with Crippen molar-refractivity contribution in [2.75, 3.05) is 11.9 Å². The number of imidazole rings is 1. The van der Waals surface area contributed by atoms with Crippen molar-refractivity contribution < 1.29 is 5.11 Å². The molecule has 1 aliphatic rings. The third-order valence-electron chi connectivity index (χ3n) is 4.84. The van der Waals surface area contributed by atoms with Crippen molar-refractivity contribution in [1.29, 1.82) is 0 Å². The first-order valence-corrected chi connectivity index (χ1v) is 9.88. The molecule has 4 aromatic rings. The Bertz CT molecular complexity index is 1400. The molecule has 30 heavy (non-hydrogen) atoms. The fourth-order valence-electron chi connectivity index (χ4n) is 3.09. The minimum absolute atomic E-state index is 0.242. The van der Waals surface area contributed by atoms with Gasteiger partial charge in [-0.2, -0.15) is 9.61 Å². The Morgan fingerprint density at radius 2 is 2.10 bits per heavy atom. The normalized spacial score (nSPS) is 15.2. The smallest absolute Gasteiger partial charge is 0.326 e. The van der Waals surface area contributed by atoms with E-state index in [2.05, 4.69) is 25.4 Å². The largest absolute Gasteiger partial charge is 0.493 e. The first kappa shape index (κ1) is 18.4. The topological polar surface area (TPSA) is 123 Å². The molecule has 4 N–H and O–H groups in total. The van der Waals surface area contributed by atoms with Gasteiger partial charge in [0.1, 0.15) is 11.5 Å². The fourth-order valence-corrected chi connectivity index (χ4v) is 3.22. The maximum atomic E-state index is 11.4. The summed E-state index contributed by atoms with van der Waals surface area (Å²) in [5.74, 6) is 0.985. The van der Waals surface area contributed by atoms with Gasteiger partial charge in [-0.3, -0.25) is 9.98 Å². The summed E-state index contributed by atoms with van der Waals surface area (Å²) in [7, 11) is 0. The molecule has 152 valence electrons. The van der Waals surface area contributed by atoms with Crippen LogP contribution in [0, 0.1) is 5.92 Å². The lowest BCUT2D eigenvalue weighted by Crippen LogP contribution is -2.20. The van der Waals surface area contributed by atoms with E-state index in [0.717, 1.165) is 12.2 Å². The number of benzene rings is 1. The summed E-state index contributed by atoms with van der Waals surface area (Å²) in [5, 5.41) is 18.8. The molecule has 5 rings (SSSR count). The Balaban J connectivity index is 1.64. The number of hydrogen-bond donors (Lipinski definition) is 4. The number of fused-ring (bicyclic) bond motifs is 1. The van der Waals surface area contributed by atoms with E-state index in [4.69, 9.17) is 16.6 Å². The molecule has 0 aliphatic heterocycles. The van der Waals surface area contributed by atoms with Gasteiger partial charge in [0, 0.05) is 28.5 Å². The quantitative estimate of drug-likeness (QED) is 0.389. The summed E-state index contributed by atoms with van der Waals surface area (Å²) in [5.41, 5.74) is 1.82. The van der Waals surface area contributed by atoms with Gasteiger partial charge in [-0.05, 0) is 49.1 Å². The first-order valence-electron chi connectivity index (χ1n) is 9.50. The van der Waals surface area contributed by atoms with Crippen LogP contribution in [-0.2, 0) is 0 Å². The Hall–Kier alpha value is -3.59. The van der Waals surface area contributed by atoms with Crippen LogP contribution in [0.4, 0.5) is 11.5 Å². The maximum Gasteiger partial charge on any atom is 0.326 e. The van der Waals surface area contributed by atoms with Gasteiger partial charge in [-0.15, -0.1) is 0 Å². The van der Waals surface area contributed by atoms with Crippen LogP contribution in [0.1, 0.15) is 18.5 Å². The minimum atomic E-state index is -0.492. The molecule has 9 nitrogen and oxygen atoms in total. The first-order chi connectivity index (χ1) is 14.5. The van der Waals surface area contributed by atoms with Crippen molar-refractivity contribution >= 4 is 34.8 Å². The van der Waals surface area contributed by atoms with Gasteiger partial charge >= 0.3 is 5.69 Å². The van der Waals surface area contributed by atoms with E-state index in [0.29, 0.717) is 33.1 Å². The molecular formula is C20H18ClN7O2. The van der Waals surface area contributed by atoms with Gasteiger partial charge in [0.05, 0.1) is 6.20 Å². The van der Waals surface area contributed by atoms with E-state index >= 15 is 0 Å². The van der Waals surface area contributed by atoms with Crippen molar-refractivity contribution in [1.82, 2.24) is 24.6 Å². The van der Waals surface area contributed by atoms with Crippen LogP contribution < -0.4 is 21.7 Å². The van der Waals surface area contributed by atoms with Crippen LogP contribution in [0.5, 0.6) is 5.88 Å². The van der Waals surface area contributed by atoms with E-state index in [1.807, 2.05) is 18.2 Å². The SMILES string of the molecule is O=c1[nH]c(O)c(/C=c2\cnn3c(=NCC4CC4)cc(Nc4ccc(Cl)cc4)nc23)[nH]1. The number of H-pyrrole nitrogens is 2. The third kappa shape index (κ3) is 3.79. The second-order valence-electron chi connectivity index (χ2n) is 7.24. The van der Waals surface area contributed by atoms with Gasteiger partial charge in [0.25, 0.3) is 0 Å².